The van der Waals surface area contributed by atoms with E-state index in [-0.39, 0.29) is 22.0 Å². The van der Waals surface area contributed by atoms with Crippen molar-refractivity contribution in [2.75, 3.05) is 4.72 Å². The van der Waals surface area contributed by atoms with Crippen LogP contribution in [-0.4, -0.2) is 28.1 Å². The van der Waals surface area contributed by atoms with Crippen LogP contribution in [0.1, 0.15) is 31.9 Å². The summed E-state index contributed by atoms with van der Waals surface area (Å²) in [5.74, 6) is 0.258. The van der Waals surface area contributed by atoms with Crippen LogP contribution in [0.15, 0.2) is 94.7 Å². The van der Waals surface area contributed by atoms with E-state index in [0.29, 0.717) is 29.3 Å². The Morgan fingerprint density at radius 2 is 1.63 bits per heavy atom. The van der Waals surface area contributed by atoms with Crippen LogP contribution in [0.4, 0.5) is 10.1 Å². The van der Waals surface area contributed by atoms with Crippen molar-refractivity contribution in [1.29, 1.82) is 0 Å². The lowest BCUT2D eigenvalue weighted by molar-refractivity contribution is 0.431. The van der Waals surface area contributed by atoms with Gasteiger partial charge in [-0.15, -0.1) is 0 Å². The summed E-state index contributed by atoms with van der Waals surface area (Å²) in [6, 6.07) is 19.9. The van der Waals surface area contributed by atoms with E-state index >= 15 is 0 Å². The molecule has 1 N–H and O–H groups in total. The molecular weight excluding hydrogens is 505 g/mol. The maximum atomic E-state index is 13.2. The Balaban J connectivity index is 1.23. The average Bonchev–Trinajstić information content (AvgIpc) is 3.55. The molecule has 5 aromatic rings. The quantitative estimate of drug-likeness (QED) is 0.281. The molecule has 10 heteroatoms. The van der Waals surface area contributed by atoms with Crippen molar-refractivity contribution in [2.24, 2.45) is 0 Å². The van der Waals surface area contributed by atoms with E-state index in [1.165, 1.54) is 12.1 Å². The standard InChI is InChI=1S/C28H26FN5O3S/c1-28(2,3)21-8-14-24(15-9-21)38(35,36)33-23-12-4-19(5-13-23)16-34-17-25(30-18-34)27-31-26(32-37-27)20-6-10-22(29)11-7-20/h4-15,17-18,33H,16H2,1-3H3. The third-order valence-electron chi connectivity index (χ3n) is 5.98. The van der Waals surface area contributed by atoms with Crippen molar-refractivity contribution in [3.05, 3.63) is 102 Å². The molecule has 0 aliphatic heterocycles. The summed E-state index contributed by atoms with van der Waals surface area (Å²) in [5, 5.41) is 3.95. The lowest BCUT2D eigenvalue weighted by atomic mass is 9.87. The van der Waals surface area contributed by atoms with Gasteiger partial charge in [0.2, 0.25) is 5.82 Å². The fraction of sp³-hybridized carbons (Fsp3) is 0.179. The lowest BCUT2D eigenvalue weighted by Crippen LogP contribution is -2.15. The zero-order valence-electron chi connectivity index (χ0n) is 21.1. The summed E-state index contributed by atoms with van der Waals surface area (Å²) in [6.45, 7) is 6.75. The summed E-state index contributed by atoms with van der Waals surface area (Å²) in [6.07, 6.45) is 3.43. The molecule has 38 heavy (non-hydrogen) atoms. The lowest BCUT2D eigenvalue weighted by Gasteiger charge is -2.19. The van der Waals surface area contributed by atoms with Gasteiger partial charge >= 0.3 is 0 Å². The van der Waals surface area contributed by atoms with Gasteiger partial charge in [0.05, 0.1) is 11.2 Å². The molecule has 0 radical (unpaired) electrons. The number of aromatic nitrogens is 4. The largest absolute Gasteiger partial charge is 0.332 e. The highest BCUT2D eigenvalue weighted by Gasteiger charge is 2.18. The first-order valence-electron chi connectivity index (χ1n) is 11.9. The second kappa shape index (κ2) is 9.86. The number of anilines is 1. The van der Waals surface area contributed by atoms with Crippen LogP contribution in [-0.2, 0) is 22.0 Å². The molecule has 8 nitrogen and oxygen atoms in total. The van der Waals surface area contributed by atoms with E-state index in [1.54, 1.807) is 48.9 Å². The van der Waals surface area contributed by atoms with Gasteiger partial charge in [-0.3, -0.25) is 4.72 Å². The van der Waals surface area contributed by atoms with E-state index in [1.807, 2.05) is 28.8 Å². The number of hydrogen-bond acceptors (Lipinski definition) is 6. The Morgan fingerprint density at radius 1 is 0.947 bits per heavy atom. The molecule has 3 aromatic carbocycles. The SMILES string of the molecule is CC(C)(C)c1ccc(S(=O)(=O)Nc2ccc(Cn3cnc(-c4nc(-c5ccc(F)cc5)no4)c3)cc2)cc1. The Labute approximate surface area is 220 Å². The van der Waals surface area contributed by atoms with Crippen LogP contribution >= 0.6 is 0 Å². The fourth-order valence-electron chi connectivity index (χ4n) is 3.84. The molecule has 5 rings (SSSR count). The minimum absolute atomic E-state index is 0.0557. The molecule has 0 fully saturated rings. The highest BCUT2D eigenvalue weighted by molar-refractivity contribution is 7.92. The zero-order chi connectivity index (χ0) is 26.9. The predicted molar refractivity (Wildman–Crippen MR) is 142 cm³/mol. The van der Waals surface area contributed by atoms with Gasteiger partial charge in [-0.25, -0.2) is 17.8 Å². The topological polar surface area (TPSA) is 103 Å². The molecule has 0 spiro atoms. The molecule has 0 saturated carbocycles. The van der Waals surface area contributed by atoms with Gasteiger partial charge in [-0.05, 0) is 65.1 Å². The smallest absolute Gasteiger partial charge is 0.278 e. The van der Waals surface area contributed by atoms with Crippen LogP contribution in [0.2, 0.25) is 0 Å². The first-order valence-corrected chi connectivity index (χ1v) is 13.4. The number of benzene rings is 3. The number of hydrogen-bond donors (Lipinski definition) is 1. The molecule has 2 heterocycles. The van der Waals surface area contributed by atoms with Gasteiger partial charge in [0.15, 0.2) is 0 Å². The molecule has 0 saturated heterocycles. The molecule has 0 aliphatic rings. The highest BCUT2D eigenvalue weighted by Crippen LogP contribution is 2.25. The maximum Gasteiger partial charge on any atom is 0.278 e. The maximum absolute atomic E-state index is 13.2. The van der Waals surface area contributed by atoms with Gasteiger partial charge in [0, 0.05) is 24.0 Å². The minimum atomic E-state index is -3.70. The number of nitrogens with one attached hydrogen (secondary N) is 1. The summed E-state index contributed by atoms with van der Waals surface area (Å²) in [7, 11) is -3.70. The van der Waals surface area contributed by atoms with Crippen LogP contribution < -0.4 is 4.72 Å². The molecule has 0 atom stereocenters. The third-order valence-corrected chi connectivity index (χ3v) is 7.38. The number of halogens is 1. The van der Waals surface area contributed by atoms with Crippen molar-refractivity contribution in [1.82, 2.24) is 19.7 Å². The number of nitrogens with zero attached hydrogens (tertiary/aromatic N) is 4. The van der Waals surface area contributed by atoms with E-state index in [9.17, 15) is 12.8 Å². The Morgan fingerprint density at radius 3 is 2.29 bits per heavy atom. The Kier molecular flexibility index (Phi) is 6.58. The number of imidazole rings is 1. The Bertz CT molecular complexity index is 1650. The second-order valence-electron chi connectivity index (χ2n) is 9.94. The summed E-state index contributed by atoms with van der Waals surface area (Å²) in [5.41, 5.74) is 3.57. The molecule has 2 aromatic heterocycles. The van der Waals surface area contributed by atoms with Crippen LogP contribution in [0.3, 0.4) is 0 Å². The zero-order valence-corrected chi connectivity index (χ0v) is 21.9. The number of rotatable bonds is 7. The van der Waals surface area contributed by atoms with Crippen molar-refractivity contribution >= 4 is 15.7 Å². The fourth-order valence-corrected chi connectivity index (χ4v) is 4.90. The van der Waals surface area contributed by atoms with E-state index in [4.69, 9.17) is 4.52 Å². The molecule has 0 unspecified atom stereocenters. The first-order chi connectivity index (χ1) is 18.1. The van der Waals surface area contributed by atoms with Crippen molar-refractivity contribution in [2.45, 2.75) is 37.6 Å². The van der Waals surface area contributed by atoms with Crippen molar-refractivity contribution in [3.8, 4) is 23.0 Å². The normalized spacial score (nSPS) is 12.0. The van der Waals surface area contributed by atoms with Gasteiger partial charge in [-0.1, -0.05) is 50.2 Å². The highest BCUT2D eigenvalue weighted by atomic mass is 32.2. The van der Waals surface area contributed by atoms with Crippen LogP contribution in [0.25, 0.3) is 23.0 Å². The van der Waals surface area contributed by atoms with Gasteiger partial charge in [-0.2, -0.15) is 4.98 Å². The van der Waals surface area contributed by atoms with E-state index in [0.717, 1.165) is 11.1 Å². The summed E-state index contributed by atoms with van der Waals surface area (Å²) in [4.78, 5) is 8.90. The summed E-state index contributed by atoms with van der Waals surface area (Å²) < 4.78 is 48.6. The third kappa shape index (κ3) is 5.65. The molecular formula is C28H26FN5O3S. The molecule has 0 bridgehead atoms. The molecule has 0 amide bonds. The van der Waals surface area contributed by atoms with Crippen molar-refractivity contribution < 1.29 is 17.3 Å². The van der Waals surface area contributed by atoms with Gasteiger partial charge in [0.1, 0.15) is 11.5 Å². The van der Waals surface area contributed by atoms with E-state index < -0.39 is 10.0 Å². The Hall–Kier alpha value is -4.31. The van der Waals surface area contributed by atoms with Crippen LogP contribution in [0, 0.1) is 5.82 Å². The van der Waals surface area contributed by atoms with Crippen molar-refractivity contribution in [3.63, 3.8) is 0 Å². The van der Waals surface area contributed by atoms with Gasteiger partial charge in [0.25, 0.3) is 15.9 Å². The monoisotopic (exact) mass is 531 g/mol. The first kappa shape index (κ1) is 25.3. The molecule has 194 valence electrons. The summed E-state index contributed by atoms with van der Waals surface area (Å²) >= 11 is 0. The molecule has 0 aliphatic carbocycles. The second-order valence-corrected chi connectivity index (χ2v) is 11.6. The van der Waals surface area contributed by atoms with Crippen LogP contribution in [0.5, 0.6) is 0 Å². The number of sulfonamides is 1. The minimum Gasteiger partial charge on any atom is -0.332 e. The van der Waals surface area contributed by atoms with Gasteiger partial charge < -0.3 is 9.09 Å². The average molecular weight is 532 g/mol. The van der Waals surface area contributed by atoms with E-state index in [2.05, 4.69) is 40.6 Å². The predicted octanol–water partition coefficient (Wildman–Crippen LogP) is 5.89.